The number of amides is 1. The second-order valence-electron chi connectivity index (χ2n) is 8.82. The number of nitrogens with zero attached hydrogens (tertiary/aromatic N) is 3. The van der Waals surface area contributed by atoms with Crippen molar-refractivity contribution >= 4 is 12.0 Å². The fourth-order valence-electron chi connectivity index (χ4n) is 4.99. The molecule has 0 radical (unpaired) electrons. The van der Waals surface area contributed by atoms with Crippen LogP contribution < -0.4 is 9.47 Å². The Morgan fingerprint density at radius 1 is 1.06 bits per heavy atom. The number of hydrogen-bond donors (Lipinski definition) is 0. The van der Waals surface area contributed by atoms with Crippen LogP contribution in [-0.2, 0) is 17.6 Å². The topological polar surface area (TPSA) is 56.6 Å². The number of imidazole rings is 1. The maximum Gasteiger partial charge on any atom is 0.250 e. The van der Waals surface area contributed by atoms with Gasteiger partial charge >= 0.3 is 0 Å². The summed E-state index contributed by atoms with van der Waals surface area (Å²) in [6, 6.07) is 12.5. The van der Waals surface area contributed by atoms with E-state index in [1.165, 1.54) is 11.1 Å². The lowest BCUT2D eigenvalue weighted by atomic mass is 9.98. The van der Waals surface area contributed by atoms with Gasteiger partial charge in [0.2, 0.25) is 5.91 Å². The van der Waals surface area contributed by atoms with Crippen LogP contribution in [0.15, 0.2) is 54.5 Å². The zero-order chi connectivity index (χ0) is 22.9. The van der Waals surface area contributed by atoms with Gasteiger partial charge in [0.25, 0.3) is 0 Å². The lowest BCUT2D eigenvalue weighted by Crippen LogP contribution is -2.44. The van der Waals surface area contributed by atoms with E-state index in [0.29, 0.717) is 0 Å². The Morgan fingerprint density at radius 3 is 2.67 bits per heavy atom. The van der Waals surface area contributed by atoms with E-state index in [1.807, 2.05) is 48.0 Å². The zero-order valence-electron chi connectivity index (χ0n) is 19.4. The first-order chi connectivity index (χ1) is 16.1. The van der Waals surface area contributed by atoms with Crippen molar-refractivity contribution in [1.29, 1.82) is 0 Å². The predicted octanol–water partition coefficient (Wildman–Crippen LogP) is 4.37. The number of rotatable bonds is 5. The van der Waals surface area contributed by atoms with E-state index in [9.17, 15) is 4.79 Å². The quantitative estimate of drug-likeness (QED) is 0.550. The number of aryl methyl sites for hydroxylation is 1. The van der Waals surface area contributed by atoms with Crippen LogP contribution in [0.2, 0.25) is 0 Å². The van der Waals surface area contributed by atoms with Crippen LogP contribution in [0.25, 0.3) is 11.8 Å². The standard InChI is InChI=1S/C27H29N3O3/c1-18-16-29(17-28-18)25-9-6-19(12-26(25)33-3)11-21-5-4-10-30(27(21)31)23-13-20-7-8-24(32-2)15-22(20)14-23/h6-9,11-12,15-17,23H,4-5,10,13-14H2,1-3H3/b21-11+/t23-/m1/s1. The van der Waals surface area contributed by atoms with Gasteiger partial charge in [-0.3, -0.25) is 4.79 Å². The molecule has 170 valence electrons. The van der Waals surface area contributed by atoms with E-state index in [2.05, 4.69) is 22.0 Å². The van der Waals surface area contributed by atoms with Gasteiger partial charge in [0.05, 0.1) is 31.9 Å². The molecule has 1 amide bonds. The average molecular weight is 444 g/mol. The van der Waals surface area contributed by atoms with Gasteiger partial charge in [-0.05, 0) is 79.6 Å². The molecule has 0 spiro atoms. The molecule has 0 N–H and O–H groups in total. The summed E-state index contributed by atoms with van der Waals surface area (Å²) in [6.07, 6.45) is 9.34. The van der Waals surface area contributed by atoms with E-state index in [1.54, 1.807) is 20.5 Å². The molecule has 1 aliphatic heterocycles. The number of piperidine rings is 1. The largest absolute Gasteiger partial charge is 0.497 e. The summed E-state index contributed by atoms with van der Waals surface area (Å²) in [7, 11) is 3.36. The SMILES string of the molecule is COc1ccc2c(c1)C[C@H](N1CCC/C(=C\c3ccc(-n4cnc(C)c4)c(OC)c3)C1=O)C2. The second-order valence-corrected chi connectivity index (χ2v) is 8.82. The third-order valence-electron chi connectivity index (χ3n) is 6.68. The van der Waals surface area contributed by atoms with Gasteiger partial charge in [0.1, 0.15) is 11.5 Å². The summed E-state index contributed by atoms with van der Waals surface area (Å²) >= 11 is 0. The summed E-state index contributed by atoms with van der Waals surface area (Å²) in [5.74, 6) is 1.78. The third kappa shape index (κ3) is 4.13. The molecule has 1 aromatic heterocycles. The number of benzene rings is 2. The Hall–Kier alpha value is -3.54. The smallest absolute Gasteiger partial charge is 0.250 e. The number of methoxy groups -OCH3 is 2. The fourth-order valence-corrected chi connectivity index (χ4v) is 4.99. The van der Waals surface area contributed by atoms with Crippen molar-refractivity contribution in [2.75, 3.05) is 20.8 Å². The molecule has 5 rings (SSSR count). The molecular weight excluding hydrogens is 414 g/mol. The second kappa shape index (κ2) is 8.77. The molecule has 0 bridgehead atoms. The van der Waals surface area contributed by atoms with Crippen molar-refractivity contribution in [3.05, 3.63) is 76.9 Å². The van der Waals surface area contributed by atoms with Crippen molar-refractivity contribution in [3.8, 4) is 17.2 Å². The molecule has 3 aromatic rings. The molecule has 1 aliphatic carbocycles. The lowest BCUT2D eigenvalue weighted by molar-refractivity contribution is -0.130. The van der Waals surface area contributed by atoms with Crippen molar-refractivity contribution < 1.29 is 14.3 Å². The van der Waals surface area contributed by atoms with Gasteiger partial charge in [-0.2, -0.15) is 0 Å². The monoisotopic (exact) mass is 443 g/mol. The molecule has 2 aliphatic rings. The number of likely N-dealkylation sites (tertiary alicyclic amines) is 1. The van der Waals surface area contributed by atoms with Crippen molar-refractivity contribution in [2.24, 2.45) is 0 Å². The molecule has 1 saturated heterocycles. The van der Waals surface area contributed by atoms with Crippen molar-refractivity contribution in [2.45, 2.75) is 38.6 Å². The summed E-state index contributed by atoms with van der Waals surface area (Å²) in [5, 5.41) is 0. The molecule has 6 heteroatoms. The van der Waals surface area contributed by atoms with Gasteiger partial charge in [-0.15, -0.1) is 0 Å². The Balaban J connectivity index is 1.37. The first-order valence-corrected chi connectivity index (χ1v) is 11.4. The lowest BCUT2D eigenvalue weighted by Gasteiger charge is -2.33. The Kier molecular flexibility index (Phi) is 5.67. The van der Waals surface area contributed by atoms with Gasteiger partial charge in [0.15, 0.2) is 0 Å². The summed E-state index contributed by atoms with van der Waals surface area (Å²) in [5.41, 5.74) is 6.32. The van der Waals surface area contributed by atoms with Gasteiger partial charge in [0, 0.05) is 24.4 Å². The summed E-state index contributed by atoms with van der Waals surface area (Å²) in [6.45, 7) is 2.77. The van der Waals surface area contributed by atoms with Crippen LogP contribution in [0.5, 0.6) is 11.5 Å². The number of aromatic nitrogens is 2. The van der Waals surface area contributed by atoms with Crippen LogP contribution in [0.3, 0.4) is 0 Å². The molecular formula is C27H29N3O3. The molecule has 2 aromatic carbocycles. The zero-order valence-corrected chi connectivity index (χ0v) is 19.4. The number of carbonyl (C=O) groups excluding carboxylic acids is 1. The van der Waals surface area contributed by atoms with Crippen LogP contribution in [-0.4, -0.2) is 47.2 Å². The van der Waals surface area contributed by atoms with Gasteiger partial charge in [-0.1, -0.05) is 12.1 Å². The van der Waals surface area contributed by atoms with E-state index in [0.717, 1.165) is 66.2 Å². The van der Waals surface area contributed by atoms with E-state index in [4.69, 9.17) is 9.47 Å². The Labute approximate surface area is 194 Å². The first-order valence-electron chi connectivity index (χ1n) is 11.4. The minimum atomic E-state index is 0.152. The molecule has 6 nitrogen and oxygen atoms in total. The van der Waals surface area contributed by atoms with E-state index >= 15 is 0 Å². The summed E-state index contributed by atoms with van der Waals surface area (Å²) < 4.78 is 13.0. The normalized spacial score (nSPS) is 19.1. The minimum absolute atomic E-state index is 0.152. The minimum Gasteiger partial charge on any atom is -0.497 e. The third-order valence-corrected chi connectivity index (χ3v) is 6.68. The molecule has 1 atom stereocenters. The van der Waals surface area contributed by atoms with E-state index < -0.39 is 0 Å². The van der Waals surface area contributed by atoms with Gasteiger partial charge < -0.3 is 18.9 Å². The Bertz CT molecular complexity index is 1230. The van der Waals surface area contributed by atoms with Crippen LogP contribution in [0.1, 0.15) is 35.2 Å². The maximum atomic E-state index is 13.4. The predicted molar refractivity (Wildman–Crippen MR) is 128 cm³/mol. The number of carbonyl (C=O) groups is 1. The number of hydrogen-bond acceptors (Lipinski definition) is 4. The van der Waals surface area contributed by atoms with E-state index in [-0.39, 0.29) is 11.9 Å². The average Bonchev–Trinajstić information content (AvgIpc) is 3.45. The fraction of sp³-hybridized carbons (Fsp3) is 0.333. The molecule has 33 heavy (non-hydrogen) atoms. The molecule has 2 heterocycles. The first kappa shape index (κ1) is 21.3. The molecule has 0 saturated carbocycles. The highest BCUT2D eigenvalue weighted by molar-refractivity contribution is 5.98. The highest BCUT2D eigenvalue weighted by Gasteiger charge is 2.33. The van der Waals surface area contributed by atoms with Crippen LogP contribution >= 0.6 is 0 Å². The Morgan fingerprint density at radius 2 is 1.91 bits per heavy atom. The van der Waals surface area contributed by atoms with Crippen molar-refractivity contribution in [1.82, 2.24) is 14.5 Å². The highest BCUT2D eigenvalue weighted by Crippen LogP contribution is 2.33. The number of fused-ring (bicyclic) bond motifs is 1. The summed E-state index contributed by atoms with van der Waals surface area (Å²) in [4.78, 5) is 19.8. The molecule has 0 unspecified atom stereocenters. The van der Waals surface area contributed by atoms with Crippen LogP contribution in [0.4, 0.5) is 0 Å². The van der Waals surface area contributed by atoms with Crippen molar-refractivity contribution in [3.63, 3.8) is 0 Å². The highest BCUT2D eigenvalue weighted by atomic mass is 16.5. The maximum absolute atomic E-state index is 13.4. The van der Waals surface area contributed by atoms with Gasteiger partial charge in [-0.25, -0.2) is 4.98 Å². The molecule has 1 fully saturated rings. The van der Waals surface area contributed by atoms with Crippen LogP contribution in [0, 0.1) is 6.92 Å². The number of ether oxygens (including phenoxy) is 2.